The third-order valence-corrected chi connectivity index (χ3v) is 3.53. The molecule has 1 heterocycles. The Morgan fingerprint density at radius 2 is 1.67 bits per heavy atom. The number of rotatable bonds is 7. The summed E-state index contributed by atoms with van der Waals surface area (Å²) in [6.07, 6.45) is 4.00. The topological polar surface area (TPSA) is 21.7 Å². The van der Waals surface area contributed by atoms with E-state index in [0.717, 1.165) is 6.54 Å². The number of nitrogens with zero attached hydrogens (tertiary/aromatic N) is 1. The van der Waals surface area contributed by atoms with Gasteiger partial charge in [0.15, 0.2) is 0 Å². The van der Waals surface area contributed by atoms with Crippen LogP contribution >= 0.6 is 0 Å². The second-order valence-corrected chi connectivity index (χ2v) is 5.28. The first kappa shape index (κ1) is 16.0. The minimum absolute atomic E-state index is 0.503. The van der Waals surface area contributed by atoms with Gasteiger partial charge in [0.25, 0.3) is 0 Å². The van der Waals surface area contributed by atoms with E-state index in [4.69, 9.17) is 9.47 Å². The van der Waals surface area contributed by atoms with Crippen LogP contribution in [0.15, 0.2) is 30.3 Å². The van der Waals surface area contributed by atoms with Crippen molar-refractivity contribution in [1.82, 2.24) is 4.90 Å². The Morgan fingerprint density at radius 3 is 2.48 bits per heavy atom. The van der Waals surface area contributed by atoms with E-state index in [-0.39, 0.29) is 0 Å². The van der Waals surface area contributed by atoms with Crippen LogP contribution in [0, 0.1) is 11.8 Å². The van der Waals surface area contributed by atoms with Crippen LogP contribution in [0.2, 0.25) is 0 Å². The Morgan fingerprint density at radius 1 is 0.905 bits per heavy atom. The molecule has 0 unspecified atom stereocenters. The van der Waals surface area contributed by atoms with Gasteiger partial charge in [0, 0.05) is 0 Å². The van der Waals surface area contributed by atoms with Crippen molar-refractivity contribution >= 4 is 0 Å². The molecule has 1 saturated heterocycles. The van der Waals surface area contributed by atoms with Gasteiger partial charge in [-0.2, -0.15) is 0 Å². The van der Waals surface area contributed by atoms with Gasteiger partial charge in [-0.1, -0.05) is 48.6 Å². The molecule has 0 atom stereocenters. The highest BCUT2D eigenvalue weighted by Crippen LogP contribution is 2.07. The summed E-state index contributed by atoms with van der Waals surface area (Å²) < 4.78 is 11.0. The molecule has 0 aliphatic carbocycles. The van der Waals surface area contributed by atoms with E-state index in [9.17, 15) is 0 Å². The standard InChI is InChI=1S/C18H25NO2/c1-3-9-18(10-4-1)17-21-16-15-20-14-8-7-13-19-11-5-2-6-12-19/h1,3-4,9-10H,2,5-6,11-17H2. The SMILES string of the molecule is C(#CCN1CCCCC1)COCCOCc1ccccc1. The van der Waals surface area contributed by atoms with Gasteiger partial charge in [-0.05, 0) is 31.5 Å². The van der Waals surface area contributed by atoms with E-state index in [1.165, 1.54) is 37.9 Å². The van der Waals surface area contributed by atoms with Gasteiger partial charge in [0.05, 0.1) is 26.4 Å². The van der Waals surface area contributed by atoms with Crippen LogP contribution in [0.5, 0.6) is 0 Å². The number of piperidine rings is 1. The Hall–Kier alpha value is -1.34. The fraction of sp³-hybridized carbons (Fsp3) is 0.556. The van der Waals surface area contributed by atoms with Crippen LogP contribution in [0.25, 0.3) is 0 Å². The minimum Gasteiger partial charge on any atom is -0.374 e. The van der Waals surface area contributed by atoms with Crippen molar-refractivity contribution in [3.63, 3.8) is 0 Å². The first-order chi connectivity index (χ1) is 10.4. The number of likely N-dealkylation sites (tertiary alicyclic amines) is 1. The van der Waals surface area contributed by atoms with Crippen LogP contribution in [0.1, 0.15) is 24.8 Å². The van der Waals surface area contributed by atoms with Gasteiger partial charge >= 0.3 is 0 Å². The molecule has 1 aliphatic rings. The lowest BCUT2D eigenvalue weighted by atomic mass is 10.1. The van der Waals surface area contributed by atoms with Crippen LogP contribution in [-0.4, -0.2) is 44.4 Å². The maximum absolute atomic E-state index is 5.54. The first-order valence-electron chi connectivity index (χ1n) is 7.82. The van der Waals surface area contributed by atoms with E-state index in [1.54, 1.807) is 0 Å². The van der Waals surface area contributed by atoms with E-state index >= 15 is 0 Å². The predicted octanol–water partition coefficient (Wildman–Crippen LogP) is 2.71. The highest BCUT2D eigenvalue weighted by molar-refractivity contribution is 5.13. The average molecular weight is 287 g/mol. The molecule has 21 heavy (non-hydrogen) atoms. The van der Waals surface area contributed by atoms with E-state index in [0.29, 0.717) is 26.4 Å². The van der Waals surface area contributed by atoms with E-state index in [2.05, 4.69) is 28.9 Å². The van der Waals surface area contributed by atoms with Gasteiger partial charge in [-0.15, -0.1) is 0 Å². The lowest BCUT2D eigenvalue weighted by Crippen LogP contribution is -2.29. The van der Waals surface area contributed by atoms with Crippen molar-refractivity contribution in [3.05, 3.63) is 35.9 Å². The monoisotopic (exact) mass is 287 g/mol. The van der Waals surface area contributed by atoms with Crippen molar-refractivity contribution < 1.29 is 9.47 Å². The van der Waals surface area contributed by atoms with Crippen LogP contribution < -0.4 is 0 Å². The summed E-state index contributed by atoms with van der Waals surface area (Å²) in [6, 6.07) is 10.2. The average Bonchev–Trinajstić information content (AvgIpc) is 2.55. The largest absolute Gasteiger partial charge is 0.374 e. The van der Waals surface area contributed by atoms with Gasteiger partial charge in [-0.25, -0.2) is 0 Å². The zero-order valence-electron chi connectivity index (χ0n) is 12.7. The van der Waals surface area contributed by atoms with Crippen molar-refractivity contribution in [2.75, 3.05) is 39.5 Å². The number of hydrogen-bond donors (Lipinski definition) is 0. The van der Waals surface area contributed by atoms with E-state index < -0.39 is 0 Å². The number of hydrogen-bond acceptors (Lipinski definition) is 3. The van der Waals surface area contributed by atoms with Crippen molar-refractivity contribution in [2.45, 2.75) is 25.9 Å². The normalized spacial score (nSPS) is 15.4. The summed E-state index contributed by atoms with van der Waals surface area (Å²) in [5.74, 6) is 6.25. The fourth-order valence-corrected chi connectivity index (χ4v) is 2.34. The summed E-state index contributed by atoms with van der Waals surface area (Å²) in [7, 11) is 0. The summed E-state index contributed by atoms with van der Waals surface area (Å²) in [5, 5.41) is 0. The summed E-state index contributed by atoms with van der Waals surface area (Å²) in [5.41, 5.74) is 1.19. The molecule has 0 saturated carbocycles. The third kappa shape index (κ3) is 7.29. The highest BCUT2D eigenvalue weighted by atomic mass is 16.5. The summed E-state index contributed by atoms with van der Waals surface area (Å²) in [4.78, 5) is 2.42. The molecule has 1 fully saturated rings. The molecule has 0 radical (unpaired) electrons. The van der Waals surface area contributed by atoms with Crippen molar-refractivity contribution in [1.29, 1.82) is 0 Å². The van der Waals surface area contributed by atoms with Gasteiger partial charge in [0.1, 0.15) is 6.61 Å². The molecule has 3 nitrogen and oxygen atoms in total. The maximum Gasteiger partial charge on any atom is 0.107 e. The molecular formula is C18H25NO2. The second-order valence-electron chi connectivity index (χ2n) is 5.28. The summed E-state index contributed by atoms with van der Waals surface area (Å²) in [6.45, 7) is 5.64. The third-order valence-electron chi connectivity index (χ3n) is 3.53. The molecule has 1 aromatic carbocycles. The van der Waals surface area contributed by atoms with Crippen LogP contribution in [0.3, 0.4) is 0 Å². The Bertz CT molecular complexity index is 430. The molecule has 3 heteroatoms. The molecule has 0 bridgehead atoms. The number of benzene rings is 1. The van der Waals surface area contributed by atoms with Gasteiger partial charge in [0.2, 0.25) is 0 Å². The zero-order valence-corrected chi connectivity index (χ0v) is 12.7. The smallest absolute Gasteiger partial charge is 0.107 e. The molecule has 1 aromatic rings. The fourth-order valence-electron chi connectivity index (χ4n) is 2.34. The van der Waals surface area contributed by atoms with Gasteiger partial charge < -0.3 is 9.47 Å². The van der Waals surface area contributed by atoms with Crippen molar-refractivity contribution in [3.8, 4) is 11.8 Å². The predicted molar refractivity (Wildman–Crippen MR) is 85.0 cm³/mol. The molecule has 1 aliphatic heterocycles. The van der Waals surface area contributed by atoms with Crippen LogP contribution in [-0.2, 0) is 16.1 Å². The molecule has 114 valence electrons. The Kier molecular flexibility index (Phi) is 7.94. The molecule has 0 amide bonds. The Labute approximate surface area is 128 Å². The van der Waals surface area contributed by atoms with Crippen LogP contribution in [0.4, 0.5) is 0 Å². The molecule has 2 rings (SSSR count). The minimum atomic E-state index is 0.503. The molecule has 0 N–H and O–H groups in total. The highest BCUT2D eigenvalue weighted by Gasteiger charge is 2.07. The quantitative estimate of drug-likeness (QED) is 0.568. The molecule has 0 spiro atoms. The maximum atomic E-state index is 5.54. The lowest BCUT2D eigenvalue weighted by molar-refractivity contribution is 0.0519. The van der Waals surface area contributed by atoms with E-state index in [1.807, 2.05) is 18.2 Å². The summed E-state index contributed by atoms with van der Waals surface area (Å²) >= 11 is 0. The second kappa shape index (κ2) is 10.4. The molecular weight excluding hydrogens is 262 g/mol. The number of ether oxygens (including phenoxy) is 2. The first-order valence-corrected chi connectivity index (χ1v) is 7.82. The van der Waals surface area contributed by atoms with Crippen molar-refractivity contribution in [2.24, 2.45) is 0 Å². The molecule has 0 aromatic heterocycles. The Balaban J connectivity index is 1.43. The zero-order chi connectivity index (χ0) is 14.6. The lowest BCUT2D eigenvalue weighted by Gasteiger charge is -2.23. The van der Waals surface area contributed by atoms with Gasteiger partial charge in [-0.3, -0.25) is 4.90 Å².